The van der Waals surface area contributed by atoms with Crippen LogP contribution in [0.15, 0.2) is 52.3 Å². The van der Waals surface area contributed by atoms with Gasteiger partial charge in [-0.2, -0.15) is 0 Å². The predicted molar refractivity (Wildman–Crippen MR) is 121 cm³/mol. The van der Waals surface area contributed by atoms with Crippen molar-refractivity contribution in [2.75, 3.05) is 16.4 Å². The maximum absolute atomic E-state index is 13.0. The summed E-state index contributed by atoms with van der Waals surface area (Å²) in [7, 11) is -3.73. The Bertz CT molecular complexity index is 1050. The molecule has 0 saturated carbocycles. The van der Waals surface area contributed by atoms with E-state index < -0.39 is 15.1 Å². The number of benzene rings is 2. The van der Waals surface area contributed by atoms with Gasteiger partial charge in [0.05, 0.1) is 15.8 Å². The molecule has 0 aromatic heterocycles. The second kappa shape index (κ2) is 9.22. The minimum Gasteiger partial charge on any atom is -0.326 e. The average molecular weight is 447 g/mol. The van der Waals surface area contributed by atoms with Gasteiger partial charge in [-0.3, -0.25) is 9.59 Å². The Kier molecular flexibility index (Phi) is 6.88. The van der Waals surface area contributed by atoms with Gasteiger partial charge in [-0.05, 0) is 48.7 Å². The lowest BCUT2D eigenvalue weighted by atomic mass is 10.0. The minimum absolute atomic E-state index is 0.102. The van der Waals surface area contributed by atoms with Crippen LogP contribution in [0.3, 0.4) is 0 Å². The van der Waals surface area contributed by atoms with Crippen molar-refractivity contribution in [3.8, 4) is 0 Å². The van der Waals surface area contributed by atoms with Crippen molar-refractivity contribution in [2.24, 2.45) is 0 Å². The van der Waals surface area contributed by atoms with Gasteiger partial charge in [0.25, 0.3) is 0 Å². The molecular formula is C22H26N2O4S2. The molecule has 2 amide bonds. The number of hydrogen-bond donors (Lipinski definition) is 2. The van der Waals surface area contributed by atoms with Crippen molar-refractivity contribution in [3.63, 3.8) is 0 Å². The van der Waals surface area contributed by atoms with Gasteiger partial charge in [0.2, 0.25) is 11.8 Å². The van der Waals surface area contributed by atoms with Crippen molar-refractivity contribution in [1.82, 2.24) is 0 Å². The number of carbonyl (C=O) groups excluding carboxylic acids is 2. The second-order valence-electron chi connectivity index (χ2n) is 7.69. The molecular weight excluding hydrogens is 420 g/mol. The highest BCUT2D eigenvalue weighted by Gasteiger charge is 2.27. The minimum atomic E-state index is -3.73. The topological polar surface area (TPSA) is 92.3 Å². The van der Waals surface area contributed by atoms with E-state index in [2.05, 4.69) is 24.5 Å². The van der Waals surface area contributed by atoms with E-state index in [1.807, 2.05) is 24.3 Å². The van der Waals surface area contributed by atoms with Crippen LogP contribution in [0.25, 0.3) is 0 Å². The summed E-state index contributed by atoms with van der Waals surface area (Å²) >= 11 is 1.51. The quantitative estimate of drug-likeness (QED) is 0.685. The van der Waals surface area contributed by atoms with Crippen LogP contribution >= 0.6 is 11.8 Å². The van der Waals surface area contributed by atoms with Crippen molar-refractivity contribution in [3.05, 3.63) is 48.0 Å². The first-order valence-electron chi connectivity index (χ1n) is 9.87. The van der Waals surface area contributed by atoms with Gasteiger partial charge in [-0.25, -0.2) is 8.42 Å². The molecule has 0 spiro atoms. The van der Waals surface area contributed by atoms with E-state index in [0.29, 0.717) is 29.5 Å². The number of sulfone groups is 1. The average Bonchev–Trinajstić information content (AvgIpc) is 2.88. The molecule has 160 valence electrons. The molecule has 0 bridgehead atoms. The van der Waals surface area contributed by atoms with E-state index in [0.717, 1.165) is 10.5 Å². The standard InChI is InChI=1S/C22H26N2O4S2/c1-14(2)16-4-6-17(7-5-16)23-22(26)12-15(3)30(27,28)18-8-9-20-19(13-18)24-21(25)10-11-29-20/h4-9,13-15H,10-12H2,1-3H3,(H,23,26)(H,24,25). The van der Waals surface area contributed by atoms with E-state index in [9.17, 15) is 18.0 Å². The molecule has 0 radical (unpaired) electrons. The fraction of sp³-hybridized carbons (Fsp3) is 0.364. The lowest BCUT2D eigenvalue weighted by Crippen LogP contribution is -2.25. The third-order valence-electron chi connectivity index (χ3n) is 5.00. The number of nitrogens with one attached hydrogen (secondary N) is 2. The smallest absolute Gasteiger partial charge is 0.225 e. The zero-order chi connectivity index (χ0) is 21.9. The zero-order valence-electron chi connectivity index (χ0n) is 17.3. The monoisotopic (exact) mass is 446 g/mol. The number of thioether (sulfide) groups is 1. The SMILES string of the molecule is CC(C)c1ccc(NC(=O)CC(C)S(=O)(=O)c2ccc3c(c2)NC(=O)CCS3)cc1. The van der Waals surface area contributed by atoms with Crippen LogP contribution in [-0.4, -0.2) is 31.2 Å². The first kappa shape index (κ1) is 22.4. The molecule has 1 aliphatic rings. The molecule has 3 rings (SSSR count). The van der Waals surface area contributed by atoms with Gasteiger partial charge in [-0.1, -0.05) is 26.0 Å². The Balaban J connectivity index is 1.70. The Labute approximate surface area is 181 Å². The lowest BCUT2D eigenvalue weighted by Gasteiger charge is -2.15. The van der Waals surface area contributed by atoms with Gasteiger partial charge in [-0.15, -0.1) is 11.8 Å². The van der Waals surface area contributed by atoms with Crippen LogP contribution in [0.2, 0.25) is 0 Å². The number of rotatable bonds is 6. The summed E-state index contributed by atoms with van der Waals surface area (Å²) in [5.41, 5.74) is 2.31. The Hall–Kier alpha value is -2.32. The lowest BCUT2D eigenvalue weighted by molar-refractivity contribution is -0.116. The second-order valence-corrected chi connectivity index (χ2v) is 11.2. The van der Waals surface area contributed by atoms with Gasteiger partial charge >= 0.3 is 0 Å². The molecule has 2 aromatic carbocycles. The number of fused-ring (bicyclic) bond motifs is 1. The number of hydrogen-bond acceptors (Lipinski definition) is 5. The highest BCUT2D eigenvalue weighted by atomic mass is 32.2. The molecule has 0 aliphatic carbocycles. The van der Waals surface area contributed by atoms with Crippen LogP contribution in [0.1, 0.15) is 45.1 Å². The number of amides is 2. The van der Waals surface area contributed by atoms with E-state index in [1.165, 1.54) is 30.8 Å². The van der Waals surface area contributed by atoms with E-state index >= 15 is 0 Å². The molecule has 1 heterocycles. The Morgan fingerprint density at radius 2 is 1.83 bits per heavy atom. The van der Waals surface area contributed by atoms with Crippen LogP contribution in [0.4, 0.5) is 11.4 Å². The maximum atomic E-state index is 13.0. The van der Waals surface area contributed by atoms with Gasteiger partial charge in [0.1, 0.15) is 0 Å². The molecule has 1 atom stereocenters. The molecule has 8 heteroatoms. The van der Waals surface area contributed by atoms with Crippen LogP contribution in [0.5, 0.6) is 0 Å². The van der Waals surface area contributed by atoms with Crippen molar-refractivity contribution >= 4 is 44.8 Å². The molecule has 6 nitrogen and oxygen atoms in total. The summed E-state index contributed by atoms with van der Waals surface area (Å²) in [6, 6.07) is 12.3. The van der Waals surface area contributed by atoms with Crippen LogP contribution in [-0.2, 0) is 19.4 Å². The molecule has 0 fully saturated rings. The van der Waals surface area contributed by atoms with Crippen LogP contribution in [0, 0.1) is 0 Å². The largest absolute Gasteiger partial charge is 0.326 e. The molecule has 30 heavy (non-hydrogen) atoms. The van der Waals surface area contributed by atoms with Gasteiger partial charge in [0, 0.05) is 29.2 Å². The molecule has 1 aliphatic heterocycles. The van der Waals surface area contributed by atoms with Crippen molar-refractivity contribution in [2.45, 2.75) is 54.6 Å². The Morgan fingerprint density at radius 3 is 2.50 bits per heavy atom. The summed E-state index contributed by atoms with van der Waals surface area (Å²) in [6.07, 6.45) is 0.225. The summed E-state index contributed by atoms with van der Waals surface area (Å²) in [6.45, 7) is 5.70. The third kappa shape index (κ3) is 5.23. The van der Waals surface area contributed by atoms with E-state index in [1.54, 1.807) is 6.07 Å². The normalized spacial score (nSPS) is 15.1. The Morgan fingerprint density at radius 1 is 1.13 bits per heavy atom. The fourth-order valence-electron chi connectivity index (χ4n) is 3.14. The van der Waals surface area contributed by atoms with Crippen molar-refractivity contribution < 1.29 is 18.0 Å². The predicted octanol–water partition coefficient (Wildman–Crippen LogP) is 4.44. The highest BCUT2D eigenvalue weighted by molar-refractivity contribution is 7.99. The fourth-order valence-corrected chi connectivity index (χ4v) is 5.45. The summed E-state index contributed by atoms with van der Waals surface area (Å²) < 4.78 is 26.0. The third-order valence-corrected chi connectivity index (χ3v) is 8.22. The van der Waals surface area contributed by atoms with Crippen molar-refractivity contribution in [1.29, 1.82) is 0 Å². The van der Waals surface area contributed by atoms with Crippen LogP contribution < -0.4 is 10.6 Å². The van der Waals surface area contributed by atoms with Gasteiger partial charge in [0.15, 0.2) is 9.84 Å². The molecule has 2 N–H and O–H groups in total. The zero-order valence-corrected chi connectivity index (χ0v) is 18.9. The first-order valence-corrected chi connectivity index (χ1v) is 12.4. The summed E-state index contributed by atoms with van der Waals surface area (Å²) in [4.78, 5) is 25.1. The van der Waals surface area contributed by atoms with E-state index in [4.69, 9.17) is 0 Å². The van der Waals surface area contributed by atoms with E-state index in [-0.39, 0.29) is 23.1 Å². The van der Waals surface area contributed by atoms with Gasteiger partial charge < -0.3 is 10.6 Å². The first-order chi connectivity index (χ1) is 14.2. The number of anilines is 2. The summed E-state index contributed by atoms with van der Waals surface area (Å²) in [5, 5.41) is 4.62. The molecule has 2 aromatic rings. The molecule has 1 unspecified atom stereocenters. The molecule has 0 saturated heterocycles. The summed E-state index contributed by atoms with van der Waals surface area (Å²) in [5.74, 6) is 0.553. The highest BCUT2D eigenvalue weighted by Crippen LogP contribution is 2.33. The number of carbonyl (C=O) groups is 2. The maximum Gasteiger partial charge on any atom is 0.225 e.